The van der Waals surface area contributed by atoms with Gasteiger partial charge in [0, 0.05) is 0 Å². The molecule has 268 valence electrons. The van der Waals surface area contributed by atoms with Crippen molar-refractivity contribution in [1.29, 1.82) is 10.5 Å². The Balaban J connectivity index is 0.000000167. The molecule has 6 amide bonds. The number of anilines is 2. The minimum absolute atomic E-state index is 0.141. The Hall–Kier alpha value is -7.18. The van der Waals surface area contributed by atoms with Gasteiger partial charge in [-0.2, -0.15) is 10.5 Å². The monoisotopic (exact) mass is 718 g/mol. The maximum absolute atomic E-state index is 13.3. The summed E-state index contributed by atoms with van der Waals surface area (Å²) >= 11 is 0. The van der Waals surface area contributed by atoms with Crippen molar-refractivity contribution in [3.63, 3.8) is 0 Å². The molecule has 4 aliphatic heterocycles. The van der Waals surface area contributed by atoms with Crippen LogP contribution in [-0.2, 0) is 22.3 Å². The second-order valence-electron chi connectivity index (χ2n) is 12.9. The first-order valence-corrected chi connectivity index (χ1v) is 17.4. The van der Waals surface area contributed by atoms with E-state index >= 15 is 0 Å². The molecule has 4 heterocycles. The SMILES string of the molecule is N#C[C@@H]1C=Cc2ccccc2N1C(=O)N1C(=O)OC[C@@H]1Cc1ccccc1.N#C[C@@H]1C=Cc2ccccc2N1C(=O)N1C(=O)OC[C@@H]1Cc1ccccc1. The smallest absolute Gasteiger partial charge is 0.418 e. The van der Waals surface area contributed by atoms with Crippen LogP contribution in [0.15, 0.2) is 121 Å². The summed E-state index contributed by atoms with van der Waals surface area (Å²) in [4.78, 5) is 56.2. The molecule has 0 aromatic heterocycles. The maximum atomic E-state index is 13.3. The Morgan fingerprint density at radius 2 is 0.926 bits per heavy atom. The van der Waals surface area contributed by atoms with Crippen molar-refractivity contribution in [3.05, 3.63) is 144 Å². The molecule has 12 nitrogen and oxygen atoms in total. The molecule has 12 heteroatoms. The minimum atomic E-state index is -0.779. The van der Waals surface area contributed by atoms with Crippen LogP contribution in [0, 0.1) is 22.7 Å². The van der Waals surface area contributed by atoms with E-state index in [0.717, 1.165) is 32.1 Å². The van der Waals surface area contributed by atoms with Gasteiger partial charge in [0.15, 0.2) is 0 Å². The molecule has 8 rings (SSSR count). The van der Waals surface area contributed by atoms with Crippen LogP contribution in [-0.4, -0.2) is 71.4 Å². The average molecular weight is 719 g/mol. The van der Waals surface area contributed by atoms with Crippen molar-refractivity contribution in [2.75, 3.05) is 23.0 Å². The summed E-state index contributed by atoms with van der Waals surface area (Å²) in [6.07, 6.45) is 6.60. The highest BCUT2D eigenvalue weighted by atomic mass is 16.6. The van der Waals surface area contributed by atoms with Crippen molar-refractivity contribution >= 4 is 47.8 Å². The number of nitrogens with zero attached hydrogens (tertiary/aromatic N) is 6. The van der Waals surface area contributed by atoms with Crippen LogP contribution in [0.25, 0.3) is 12.2 Å². The Bertz CT molecular complexity index is 2050. The zero-order valence-corrected chi connectivity index (χ0v) is 29.0. The quantitative estimate of drug-likeness (QED) is 0.215. The zero-order chi connectivity index (χ0) is 37.6. The third-order valence-corrected chi connectivity index (χ3v) is 9.50. The lowest BCUT2D eigenvalue weighted by Gasteiger charge is -2.33. The van der Waals surface area contributed by atoms with Gasteiger partial charge in [-0.3, -0.25) is 9.80 Å². The van der Waals surface area contributed by atoms with E-state index in [0.29, 0.717) is 24.2 Å². The van der Waals surface area contributed by atoms with E-state index in [2.05, 4.69) is 12.1 Å². The van der Waals surface area contributed by atoms with Crippen molar-refractivity contribution in [1.82, 2.24) is 9.80 Å². The molecule has 4 aliphatic rings. The first-order chi connectivity index (χ1) is 26.4. The van der Waals surface area contributed by atoms with Gasteiger partial charge in [0.25, 0.3) is 0 Å². The molecular formula is C42H34N6O6. The third kappa shape index (κ3) is 7.01. The van der Waals surface area contributed by atoms with Crippen molar-refractivity contribution in [2.45, 2.75) is 37.0 Å². The maximum Gasteiger partial charge on any atom is 0.418 e. The van der Waals surface area contributed by atoms with Crippen LogP contribution in [0.4, 0.5) is 30.6 Å². The van der Waals surface area contributed by atoms with E-state index in [-0.39, 0.29) is 13.2 Å². The highest BCUT2D eigenvalue weighted by Crippen LogP contribution is 2.33. The van der Waals surface area contributed by atoms with Crippen LogP contribution in [0.3, 0.4) is 0 Å². The number of ether oxygens (including phenoxy) is 2. The van der Waals surface area contributed by atoms with E-state index < -0.39 is 48.4 Å². The lowest BCUT2D eigenvalue weighted by atomic mass is 10.0. The number of carbonyl (C=O) groups excluding carboxylic acids is 4. The normalized spacial score (nSPS) is 20.8. The fourth-order valence-electron chi connectivity index (χ4n) is 6.90. The van der Waals surface area contributed by atoms with E-state index in [1.807, 2.05) is 97.1 Å². The first kappa shape index (κ1) is 35.2. The number of nitriles is 2. The molecule has 4 aromatic carbocycles. The molecular weight excluding hydrogens is 684 g/mol. The number of urea groups is 2. The largest absolute Gasteiger partial charge is 0.447 e. The van der Waals surface area contributed by atoms with Gasteiger partial charge in [-0.05, 0) is 59.4 Å². The summed E-state index contributed by atoms with van der Waals surface area (Å²) in [6, 6.07) is 34.6. The summed E-state index contributed by atoms with van der Waals surface area (Å²) in [5.74, 6) is 0. The van der Waals surface area contributed by atoms with E-state index in [4.69, 9.17) is 9.47 Å². The van der Waals surface area contributed by atoms with Crippen molar-refractivity contribution < 1.29 is 28.7 Å². The summed E-state index contributed by atoms with van der Waals surface area (Å²) in [7, 11) is 0. The lowest BCUT2D eigenvalue weighted by Crippen LogP contribution is -2.52. The number of fused-ring (bicyclic) bond motifs is 2. The van der Waals surface area contributed by atoms with Gasteiger partial charge in [0.1, 0.15) is 25.3 Å². The predicted octanol–water partition coefficient (Wildman–Crippen LogP) is 7.19. The van der Waals surface area contributed by atoms with Crippen LogP contribution in [0.2, 0.25) is 0 Å². The number of rotatable bonds is 4. The Morgan fingerprint density at radius 3 is 1.31 bits per heavy atom. The molecule has 0 bridgehead atoms. The summed E-state index contributed by atoms with van der Waals surface area (Å²) in [5, 5.41) is 19.0. The number of para-hydroxylation sites is 2. The number of amides is 6. The van der Waals surface area contributed by atoms with E-state index in [1.165, 1.54) is 9.80 Å². The van der Waals surface area contributed by atoms with Crippen LogP contribution >= 0.6 is 0 Å². The number of imide groups is 2. The number of hydrogen-bond acceptors (Lipinski definition) is 8. The van der Waals surface area contributed by atoms with Crippen molar-refractivity contribution in [2.24, 2.45) is 0 Å². The molecule has 0 saturated carbocycles. The molecule has 2 fully saturated rings. The second kappa shape index (κ2) is 15.6. The molecule has 0 aliphatic carbocycles. The topological polar surface area (TPSA) is 147 Å². The second-order valence-corrected chi connectivity index (χ2v) is 12.9. The first-order valence-electron chi connectivity index (χ1n) is 17.4. The number of benzene rings is 4. The molecule has 2 saturated heterocycles. The van der Waals surface area contributed by atoms with Gasteiger partial charge in [-0.15, -0.1) is 0 Å². The Morgan fingerprint density at radius 1 is 0.556 bits per heavy atom. The number of hydrogen-bond donors (Lipinski definition) is 0. The Labute approximate surface area is 311 Å². The molecule has 4 atom stereocenters. The van der Waals surface area contributed by atoms with Gasteiger partial charge in [0.2, 0.25) is 0 Å². The van der Waals surface area contributed by atoms with E-state index in [9.17, 15) is 29.7 Å². The fraction of sp³-hybridized carbons (Fsp3) is 0.190. The molecule has 54 heavy (non-hydrogen) atoms. The molecule has 0 radical (unpaired) electrons. The average Bonchev–Trinajstić information content (AvgIpc) is 3.77. The van der Waals surface area contributed by atoms with Gasteiger partial charge >= 0.3 is 24.2 Å². The molecule has 0 spiro atoms. The standard InChI is InChI=1S/2C21H17N3O3/c2*22-13-17-11-10-16-8-4-5-9-19(16)23(17)20(25)24-18(14-27-21(24)26)12-15-6-2-1-3-7-15/h2*1-11,17-18H,12,14H2/t2*17-,18-/m00/s1. The fourth-order valence-corrected chi connectivity index (χ4v) is 6.90. The van der Waals surface area contributed by atoms with Gasteiger partial charge in [0.05, 0.1) is 35.6 Å². The van der Waals surface area contributed by atoms with Crippen LogP contribution in [0.5, 0.6) is 0 Å². The highest BCUT2D eigenvalue weighted by molar-refractivity contribution is 6.05. The predicted molar refractivity (Wildman–Crippen MR) is 200 cm³/mol. The van der Waals surface area contributed by atoms with Crippen LogP contribution in [0.1, 0.15) is 22.3 Å². The number of cyclic esters (lactones) is 2. The van der Waals surface area contributed by atoms with Gasteiger partial charge in [-0.1, -0.05) is 109 Å². The summed E-state index contributed by atoms with van der Waals surface area (Å²) in [6.45, 7) is 0.282. The molecule has 4 aromatic rings. The highest BCUT2D eigenvalue weighted by Gasteiger charge is 2.44. The third-order valence-electron chi connectivity index (χ3n) is 9.50. The molecule has 0 unspecified atom stereocenters. The summed E-state index contributed by atoms with van der Waals surface area (Å²) in [5.41, 5.74) is 4.88. The van der Waals surface area contributed by atoms with Gasteiger partial charge in [-0.25, -0.2) is 29.0 Å². The Kier molecular flexibility index (Phi) is 10.2. The number of carbonyl (C=O) groups is 4. The van der Waals surface area contributed by atoms with Gasteiger partial charge < -0.3 is 9.47 Å². The minimum Gasteiger partial charge on any atom is -0.447 e. The van der Waals surface area contributed by atoms with Crippen molar-refractivity contribution in [3.8, 4) is 12.1 Å². The lowest BCUT2D eigenvalue weighted by molar-refractivity contribution is 0.158. The van der Waals surface area contributed by atoms with E-state index in [1.54, 1.807) is 36.4 Å². The summed E-state index contributed by atoms with van der Waals surface area (Å²) < 4.78 is 10.3. The zero-order valence-electron chi connectivity index (χ0n) is 29.0. The van der Waals surface area contributed by atoms with Crippen LogP contribution < -0.4 is 9.80 Å². The molecule has 0 N–H and O–H groups in total.